The highest BCUT2D eigenvalue weighted by Crippen LogP contribution is 2.27. The van der Waals surface area contributed by atoms with E-state index in [9.17, 15) is 4.79 Å². The van der Waals surface area contributed by atoms with E-state index in [0.29, 0.717) is 24.5 Å². The van der Waals surface area contributed by atoms with Gasteiger partial charge in [0, 0.05) is 12.7 Å². The summed E-state index contributed by atoms with van der Waals surface area (Å²) in [6.07, 6.45) is 4.11. The summed E-state index contributed by atoms with van der Waals surface area (Å²) < 4.78 is 15.6. The molecule has 0 aromatic heterocycles. The van der Waals surface area contributed by atoms with Crippen LogP contribution in [0.5, 0.6) is 17.2 Å². The van der Waals surface area contributed by atoms with Crippen molar-refractivity contribution in [2.45, 2.75) is 6.42 Å². The number of amides is 2. The first-order valence-electron chi connectivity index (χ1n) is 8.22. The molecule has 0 saturated carbocycles. The third-order valence-corrected chi connectivity index (χ3v) is 3.75. The number of urea groups is 1. The van der Waals surface area contributed by atoms with Crippen LogP contribution in [0.3, 0.4) is 0 Å². The smallest absolute Gasteiger partial charge is 0.318 e. The molecular formula is C20H24N2O4. The fourth-order valence-corrected chi connectivity index (χ4v) is 2.34. The summed E-state index contributed by atoms with van der Waals surface area (Å²) in [5.41, 5.74) is 2.02. The molecule has 0 saturated heterocycles. The first-order chi connectivity index (χ1) is 12.7. The van der Waals surface area contributed by atoms with E-state index in [1.54, 1.807) is 27.5 Å². The number of benzene rings is 2. The number of methoxy groups -OCH3 is 3. The minimum absolute atomic E-state index is 0.254. The van der Waals surface area contributed by atoms with Crippen molar-refractivity contribution >= 4 is 12.1 Å². The lowest BCUT2D eigenvalue weighted by molar-refractivity contribution is 0.244. The lowest BCUT2D eigenvalue weighted by Gasteiger charge is -2.10. The van der Waals surface area contributed by atoms with Crippen molar-refractivity contribution < 1.29 is 19.0 Å². The van der Waals surface area contributed by atoms with Crippen molar-refractivity contribution in [2.75, 3.05) is 27.9 Å². The lowest BCUT2D eigenvalue weighted by atomic mass is 10.1. The van der Waals surface area contributed by atoms with E-state index >= 15 is 0 Å². The largest absolute Gasteiger partial charge is 0.497 e. The van der Waals surface area contributed by atoms with Crippen LogP contribution in [0.2, 0.25) is 0 Å². The molecule has 0 radical (unpaired) electrons. The van der Waals surface area contributed by atoms with Crippen molar-refractivity contribution in [3.63, 3.8) is 0 Å². The van der Waals surface area contributed by atoms with Crippen LogP contribution >= 0.6 is 0 Å². The molecular weight excluding hydrogens is 332 g/mol. The molecule has 0 spiro atoms. The maximum Gasteiger partial charge on any atom is 0.318 e. The van der Waals surface area contributed by atoms with Gasteiger partial charge >= 0.3 is 6.03 Å². The highest BCUT2D eigenvalue weighted by atomic mass is 16.5. The van der Waals surface area contributed by atoms with Crippen molar-refractivity contribution in [3.05, 3.63) is 59.8 Å². The summed E-state index contributed by atoms with van der Waals surface area (Å²) in [6, 6.07) is 13.0. The molecule has 138 valence electrons. The standard InChI is InChI=1S/C20H24N2O4/c1-24-17-7-4-15(5-8-17)10-12-21-20(23)22-13-11-16-6-9-18(25-2)19(14-16)26-3/h4-10,12,14H,11,13H2,1-3H3,(H2,21,22,23)/b12-10+. The van der Waals surface area contributed by atoms with Crippen molar-refractivity contribution in [3.8, 4) is 17.2 Å². The predicted molar refractivity (Wildman–Crippen MR) is 102 cm³/mol. The third kappa shape index (κ3) is 5.73. The van der Waals surface area contributed by atoms with Gasteiger partial charge < -0.3 is 24.8 Å². The van der Waals surface area contributed by atoms with Gasteiger partial charge in [-0.25, -0.2) is 4.79 Å². The topological polar surface area (TPSA) is 68.8 Å². The molecule has 6 nitrogen and oxygen atoms in total. The molecule has 0 atom stereocenters. The summed E-state index contributed by atoms with van der Waals surface area (Å²) in [4.78, 5) is 11.8. The summed E-state index contributed by atoms with van der Waals surface area (Å²) >= 11 is 0. The fourth-order valence-electron chi connectivity index (χ4n) is 2.34. The second-order valence-electron chi connectivity index (χ2n) is 5.45. The Morgan fingerprint density at radius 1 is 0.962 bits per heavy atom. The Labute approximate surface area is 153 Å². The Morgan fingerprint density at radius 2 is 1.69 bits per heavy atom. The van der Waals surface area contributed by atoms with E-state index in [4.69, 9.17) is 14.2 Å². The zero-order valence-corrected chi connectivity index (χ0v) is 15.2. The molecule has 2 aromatic carbocycles. The van der Waals surface area contributed by atoms with Gasteiger partial charge in [-0.15, -0.1) is 0 Å². The summed E-state index contributed by atoms with van der Waals surface area (Å²) in [5.74, 6) is 2.16. The van der Waals surface area contributed by atoms with Gasteiger partial charge in [-0.05, 0) is 47.9 Å². The summed E-state index contributed by atoms with van der Waals surface area (Å²) in [6.45, 7) is 0.512. The molecule has 0 aliphatic carbocycles. The maximum atomic E-state index is 11.8. The number of carbonyl (C=O) groups is 1. The Kier molecular flexibility index (Phi) is 7.36. The Bertz CT molecular complexity index is 742. The maximum absolute atomic E-state index is 11.8. The minimum atomic E-state index is -0.254. The van der Waals surface area contributed by atoms with Crippen LogP contribution in [0.4, 0.5) is 4.79 Å². The average Bonchev–Trinajstić information content (AvgIpc) is 2.68. The van der Waals surface area contributed by atoms with Gasteiger partial charge in [0.05, 0.1) is 21.3 Å². The number of carbonyl (C=O) groups excluding carboxylic acids is 1. The number of hydrogen-bond donors (Lipinski definition) is 2. The molecule has 0 bridgehead atoms. The second-order valence-corrected chi connectivity index (χ2v) is 5.45. The van der Waals surface area contributed by atoms with E-state index in [-0.39, 0.29) is 6.03 Å². The van der Waals surface area contributed by atoms with E-state index in [2.05, 4.69) is 10.6 Å². The molecule has 2 amide bonds. The zero-order chi connectivity index (χ0) is 18.8. The molecule has 0 heterocycles. The quantitative estimate of drug-likeness (QED) is 0.762. The molecule has 2 N–H and O–H groups in total. The van der Waals surface area contributed by atoms with Gasteiger partial charge in [0.1, 0.15) is 5.75 Å². The molecule has 2 rings (SSSR count). The first kappa shape index (κ1) is 19.2. The minimum Gasteiger partial charge on any atom is -0.497 e. The van der Waals surface area contributed by atoms with Gasteiger partial charge in [0.2, 0.25) is 0 Å². The fraction of sp³-hybridized carbons (Fsp3) is 0.250. The van der Waals surface area contributed by atoms with Crippen LogP contribution in [0.1, 0.15) is 11.1 Å². The molecule has 0 aliphatic heterocycles. The van der Waals surface area contributed by atoms with Gasteiger partial charge in [-0.3, -0.25) is 0 Å². The molecule has 0 fully saturated rings. The predicted octanol–water partition coefficient (Wildman–Crippen LogP) is 3.23. The van der Waals surface area contributed by atoms with Gasteiger partial charge in [0.15, 0.2) is 11.5 Å². The molecule has 26 heavy (non-hydrogen) atoms. The Balaban J connectivity index is 1.75. The van der Waals surface area contributed by atoms with Crippen LogP contribution in [-0.4, -0.2) is 33.9 Å². The van der Waals surface area contributed by atoms with Crippen LogP contribution < -0.4 is 24.8 Å². The normalized spacial score (nSPS) is 10.4. The van der Waals surface area contributed by atoms with Gasteiger partial charge in [0.25, 0.3) is 0 Å². The monoisotopic (exact) mass is 356 g/mol. The molecule has 0 aliphatic rings. The van der Waals surface area contributed by atoms with E-state index in [0.717, 1.165) is 16.9 Å². The van der Waals surface area contributed by atoms with Crippen molar-refractivity contribution in [1.82, 2.24) is 10.6 Å². The average molecular weight is 356 g/mol. The van der Waals surface area contributed by atoms with E-state index < -0.39 is 0 Å². The van der Waals surface area contributed by atoms with Crippen molar-refractivity contribution in [2.24, 2.45) is 0 Å². The van der Waals surface area contributed by atoms with Gasteiger partial charge in [-0.2, -0.15) is 0 Å². The Morgan fingerprint density at radius 3 is 2.35 bits per heavy atom. The number of rotatable bonds is 8. The third-order valence-electron chi connectivity index (χ3n) is 3.75. The van der Waals surface area contributed by atoms with Crippen LogP contribution in [0.25, 0.3) is 6.08 Å². The zero-order valence-electron chi connectivity index (χ0n) is 15.2. The second kappa shape index (κ2) is 9.98. The van der Waals surface area contributed by atoms with E-state index in [1.165, 1.54) is 0 Å². The van der Waals surface area contributed by atoms with Gasteiger partial charge in [-0.1, -0.05) is 18.2 Å². The number of ether oxygens (including phenoxy) is 3. The van der Waals surface area contributed by atoms with Crippen molar-refractivity contribution in [1.29, 1.82) is 0 Å². The molecule has 0 unspecified atom stereocenters. The molecule has 6 heteroatoms. The van der Waals surface area contributed by atoms with Crippen LogP contribution in [0.15, 0.2) is 48.7 Å². The van der Waals surface area contributed by atoms with Crippen LogP contribution in [0, 0.1) is 0 Å². The number of nitrogens with one attached hydrogen (secondary N) is 2. The summed E-state index contributed by atoms with van der Waals surface area (Å²) in [7, 11) is 4.82. The first-order valence-corrected chi connectivity index (χ1v) is 8.22. The number of hydrogen-bond acceptors (Lipinski definition) is 4. The Hall–Kier alpha value is -3.15. The van der Waals surface area contributed by atoms with E-state index in [1.807, 2.05) is 48.5 Å². The lowest BCUT2D eigenvalue weighted by Crippen LogP contribution is -2.33. The SMILES string of the molecule is COc1ccc(/C=C/NC(=O)NCCc2ccc(OC)c(OC)c2)cc1. The molecule has 2 aromatic rings. The van der Waals surface area contributed by atoms with Crippen LogP contribution in [-0.2, 0) is 6.42 Å². The highest BCUT2D eigenvalue weighted by molar-refractivity contribution is 5.75. The summed E-state index contributed by atoms with van der Waals surface area (Å²) in [5, 5.41) is 5.49. The highest BCUT2D eigenvalue weighted by Gasteiger charge is 2.05.